The van der Waals surface area contributed by atoms with Gasteiger partial charge in [0, 0.05) is 10.1 Å². The Morgan fingerprint density at radius 1 is 1.29 bits per heavy atom. The van der Waals surface area contributed by atoms with Crippen LogP contribution in [0.25, 0.3) is 0 Å². The van der Waals surface area contributed by atoms with E-state index in [1.165, 1.54) is 0 Å². The Kier molecular flexibility index (Phi) is 4.30. The maximum Gasteiger partial charge on any atom is 0.0762 e. The van der Waals surface area contributed by atoms with E-state index < -0.39 is 6.10 Å². The van der Waals surface area contributed by atoms with Gasteiger partial charge in [-0.3, -0.25) is 0 Å². The third kappa shape index (κ3) is 3.19. The van der Waals surface area contributed by atoms with E-state index in [4.69, 9.17) is 11.6 Å². The van der Waals surface area contributed by atoms with Crippen molar-refractivity contribution in [1.82, 2.24) is 0 Å². The number of halogens is 1. The minimum Gasteiger partial charge on any atom is -0.389 e. The van der Waals surface area contributed by atoms with Crippen LogP contribution in [0.5, 0.6) is 0 Å². The van der Waals surface area contributed by atoms with E-state index in [2.05, 4.69) is 13.8 Å². The molecule has 1 rings (SSSR count). The lowest BCUT2D eigenvalue weighted by Gasteiger charge is -2.10. The molecule has 0 aliphatic carbocycles. The summed E-state index contributed by atoms with van der Waals surface area (Å²) in [7, 11) is 0. The van der Waals surface area contributed by atoms with Gasteiger partial charge >= 0.3 is 0 Å². The zero-order valence-corrected chi connectivity index (χ0v) is 10.2. The van der Waals surface area contributed by atoms with Crippen molar-refractivity contribution in [3.63, 3.8) is 0 Å². The molecule has 0 spiro atoms. The van der Waals surface area contributed by atoms with E-state index in [1.54, 1.807) is 18.7 Å². The SMILES string of the molecule is CC(C)Sc1ccc([C@H](C)O)cc1Cl. The topological polar surface area (TPSA) is 20.2 Å². The zero-order chi connectivity index (χ0) is 10.7. The summed E-state index contributed by atoms with van der Waals surface area (Å²) in [6, 6.07) is 5.72. The maximum atomic E-state index is 9.36. The lowest BCUT2D eigenvalue weighted by molar-refractivity contribution is 0.199. The smallest absolute Gasteiger partial charge is 0.0762 e. The lowest BCUT2D eigenvalue weighted by Crippen LogP contribution is -1.92. The van der Waals surface area contributed by atoms with E-state index >= 15 is 0 Å². The summed E-state index contributed by atoms with van der Waals surface area (Å²) in [6.07, 6.45) is -0.453. The van der Waals surface area contributed by atoms with Crippen LogP contribution in [0.15, 0.2) is 23.1 Å². The van der Waals surface area contributed by atoms with Crippen LogP contribution in [0.2, 0.25) is 5.02 Å². The standard InChI is InChI=1S/C11H15ClOS/c1-7(2)14-11-5-4-9(8(3)13)6-10(11)12/h4-8,13H,1-3H3/t8-/m0/s1. The largest absolute Gasteiger partial charge is 0.389 e. The van der Waals surface area contributed by atoms with Gasteiger partial charge in [0.25, 0.3) is 0 Å². The second-order valence-corrected chi connectivity index (χ2v) is 5.56. The van der Waals surface area contributed by atoms with Crippen LogP contribution in [0, 0.1) is 0 Å². The summed E-state index contributed by atoms with van der Waals surface area (Å²) in [6.45, 7) is 5.99. The first-order chi connectivity index (χ1) is 6.50. The van der Waals surface area contributed by atoms with E-state index in [1.807, 2.05) is 18.2 Å². The average Bonchev–Trinajstić information content (AvgIpc) is 2.07. The fraction of sp³-hybridized carbons (Fsp3) is 0.455. The van der Waals surface area contributed by atoms with Gasteiger partial charge in [-0.15, -0.1) is 11.8 Å². The summed E-state index contributed by atoms with van der Waals surface area (Å²) in [4.78, 5) is 1.08. The van der Waals surface area contributed by atoms with E-state index in [-0.39, 0.29) is 0 Å². The Labute approximate surface area is 94.5 Å². The van der Waals surface area contributed by atoms with Crippen LogP contribution in [-0.4, -0.2) is 10.4 Å². The number of benzene rings is 1. The van der Waals surface area contributed by atoms with Gasteiger partial charge in [0.05, 0.1) is 11.1 Å². The minimum atomic E-state index is -0.453. The van der Waals surface area contributed by atoms with Gasteiger partial charge in [0.15, 0.2) is 0 Å². The van der Waals surface area contributed by atoms with Crippen molar-refractivity contribution >= 4 is 23.4 Å². The first-order valence-corrected chi connectivity index (χ1v) is 5.90. The Hall–Kier alpha value is -0.180. The monoisotopic (exact) mass is 230 g/mol. The fourth-order valence-electron chi connectivity index (χ4n) is 1.13. The quantitative estimate of drug-likeness (QED) is 0.795. The normalized spacial score (nSPS) is 13.3. The minimum absolute atomic E-state index is 0.453. The van der Waals surface area contributed by atoms with Gasteiger partial charge < -0.3 is 5.11 Å². The second kappa shape index (κ2) is 5.06. The molecule has 1 N–H and O–H groups in total. The summed E-state index contributed by atoms with van der Waals surface area (Å²) < 4.78 is 0. The number of hydrogen-bond acceptors (Lipinski definition) is 2. The van der Waals surface area contributed by atoms with Crippen LogP contribution in [-0.2, 0) is 0 Å². The number of aliphatic hydroxyl groups excluding tert-OH is 1. The average molecular weight is 231 g/mol. The summed E-state index contributed by atoms with van der Waals surface area (Å²) in [5, 5.41) is 10.6. The number of aliphatic hydroxyl groups is 1. The van der Waals surface area contributed by atoms with Crippen molar-refractivity contribution in [3.05, 3.63) is 28.8 Å². The molecule has 1 aromatic rings. The fourth-order valence-corrected chi connectivity index (χ4v) is 2.28. The van der Waals surface area contributed by atoms with Crippen molar-refractivity contribution in [2.24, 2.45) is 0 Å². The molecule has 0 unspecified atom stereocenters. The maximum absolute atomic E-state index is 9.36. The molecule has 0 saturated heterocycles. The molecular weight excluding hydrogens is 216 g/mol. The first kappa shape index (κ1) is 11.9. The molecule has 78 valence electrons. The molecule has 0 heterocycles. The third-order valence-electron chi connectivity index (χ3n) is 1.80. The molecular formula is C11H15ClOS. The molecule has 0 saturated carbocycles. The van der Waals surface area contributed by atoms with E-state index in [9.17, 15) is 5.11 Å². The van der Waals surface area contributed by atoms with Crippen LogP contribution >= 0.6 is 23.4 Å². The van der Waals surface area contributed by atoms with Gasteiger partial charge in [-0.1, -0.05) is 31.5 Å². The number of thioether (sulfide) groups is 1. The van der Waals surface area contributed by atoms with Crippen molar-refractivity contribution in [2.75, 3.05) is 0 Å². The summed E-state index contributed by atoms with van der Waals surface area (Å²) >= 11 is 7.82. The molecule has 1 atom stereocenters. The molecule has 0 aromatic heterocycles. The molecule has 0 aliphatic rings. The van der Waals surface area contributed by atoms with Gasteiger partial charge in [-0.25, -0.2) is 0 Å². The third-order valence-corrected chi connectivity index (χ3v) is 3.31. The summed E-state index contributed by atoms with van der Waals surface area (Å²) in [5.74, 6) is 0. The Morgan fingerprint density at radius 2 is 1.93 bits per heavy atom. The Balaban J connectivity index is 2.90. The van der Waals surface area contributed by atoms with Crippen molar-refractivity contribution in [1.29, 1.82) is 0 Å². The van der Waals surface area contributed by atoms with Crippen molar-refractivity contribution in [2.45, 2.75) is 37.0 Å². The predicted molar refractivity (Wildman–Crippen MR) is 63.1 cm³/mol. The first-order valence-electron chi connectivity index (χ1n) is 4.65. The molecule has 0 bridgehead atoms. The van der Waals surface area contributed by atoms with Gasteiger partial charge in [-0.2, -0.15) is 0 Å². The number of hydrogen-bond donors (Lipinski definition) is 1. The highest BCUT2D eigenvalue weighted by Crippen LogP contribution is 2.32. The predicted octanol–water partition coefficient (Wildman–Crippen LogP) is 3.89. The Bertz CT molecular complexity index is 310. The molecule has 14 heavy (non-hydrogen) atoms. The highest BCUT2D eigenvalue weighted by molar-refractivity contribution is 8.00. The molecule has 0 aliphatic heterocycles. The zero-order valence-electron chi connectivity index (χ0n) is 8.62. The van der Waals surface area contributed by atoms with Crippen LogP contribution in [0.3, 0.4) is 0 Å². The van der Waals surface area contributed by atoms with E-state index in [0.29, 0.717) is 5.25 Å². The second-order valence-electron chi connectivity index (χ2n) is 3.53. The van der Waals surface area contributed by atoms with Crippen molar-refractivity contribution in [3.8, 4) is 0 Å². The Morgan fingerprint density at radius 3 is 2.36 bits per heavy atom. The molecule has 3 heteroatoms. The van der Waals surface area contributed by atoms with E-state index in [0.717, 1.165) is 15.5 Å². The van der Waals surface area contributed by atoms with Crippen molar-refractivity contribution < 1.29 is 5.11 Å². The van der Waals surface area contributed by atoms with Crippen LogP contribution in [0.1, 0.15) is 32.4 Å². The van der Waals surface area contributed by atoms with Crippen LogP contribution < -0.4 is 0 Å². The molecule has 0 radical (unpaired) electrons. The molecule has 0 fully saturated rings. The molecule has 1 nitrogen and oxygen atoms in total. The molecule has 0 amide bonds. The summed E-state index contributed by atoms with van der Waals surface area (Å²) in [5.41, 5.74) is 0.864. The lowest BCUT2D eigenvalue weighted by atomic mass is 10.1. The highest BCUT2D eigenvalue weighted by Gasteiger charge is 2.07. The highest BCUT2D eigenvalue weighted by atomic mass is 35.5. The van der Waals surface area contributed by atoms with Crippen LogP contribution in [0.4, 0.5) is 0 Å². The van der Waals surface area contributed by atoms with Gasteiger partial charge in [-0.05, 0) is 24.6 Å². The molecule has 1 aromatic carbocycles. The number of rotatable bonds is 3. The van der Waals surface area contributed by atoms with Gasteiger partial charge in [0.2, 0.25) is 0 Å². The van der Waals surface area contributed by atoms with Gasteiger partial charge in [0.1, 0.15) is 0 Å².